The highest BCUT2D eigenvalue weighted by molar-refractivity contribution is 5.52. The van der Waals surface area contributed by atoms with Crippen molar-refractivity contribution in [3.05, 3.63) is 30.2 Å². The van der Waals surface area contributed by atoms with E-state index in [0.717, 1.165) is 49.6 Å². The predicted molar refractivity (Wildman–Crippen MR) is 83.5 cm³/mol. The zero-order valence-electron chi connectivity index (χ0n) is 12.7. The highest BCUT2D eigenvalue weighted by Crippen LogP contribution is 2.21. The maximum Gasteiger partial charge on any atom is 0.254 e. The van der Waals surface area contributed by atoms with Gasteiger partial charge >= 0.3 is 0 Å². The molecule has 1 saturated heterocycles. The van der Waals surface area contributed by atoms with E-state index in [2.05, 4.69) is 38.8 Å². The zero-order valence-corrected chi connectivity index (χ0v) is 12.7. The Morgan fingerprint density at radius 2 is 2.14 bits per heavy atom. The second kappa shape index (κ2) is 5.81. The molecule has 3 heterocycles. The lowest BCUT2D eigenvalue weighted by Gasteiger charge is -2.32. The van der Waals surface area contributed by atoms with Crippen LogP contribution in [-0.2, 0) is 0 Å². The van der Waals surface area contributed by atoms with Crippen molar-refractivity contribution < 1.29 is 0 Å². The molecule has 6 heteroatoms. The van der Waals surface area contributed by atoms with E-state index in [-0.39, 0.29) is 0 Å². The molecule has 6 nitrogen and oxygen atoms in total. The lowest BCUT2D eigenvalue weighted by Crippen LogP contribution is -2.39. The molecule has 21 heavy (non-hydrogen) atoms. The van der Waals surface area contributed by atoms with E-state index in [0.29, 0.717) is 11.8 Å². The number of fused-ring (bicyclic) bond motifs is 1. The van der Waals surface area contributed by atoms with Crippen molar-refractivity contribution in [2.45, 2.75) is 32.7 Å². The van der Waals surface area contributed by atoms with Crippen molar-refractivity contribution in [2.24, 2.45) is 0 Å². The van der Waals surface area contributed by atoms with Gasteiger partial charge in [-0.1, -0.05) is 6.08 Å². The zero-order chi connectivity index (χ0) is 14.8. The number of aryl methyl sites for hydroxylation is 1. The molecule has 0 radical (unpaired) electrons. The molecule has 1 aliphatic rings. The molecule has 1 aliphatic heterocycles. The van der Waals surface area contributed by atoms with Crippen molar-refractivity contribution in [1.29, 1.82) is 0 Å². The van der Waals surface area contributed by atoms with Crippen LogP contribution in [-0.4, -0.2) is 50.2 Å². The van der Waals surface area contributed by atoms with Gasteiger partial charge in [0.2, 0.25) is 0 Å². The summed E-state index contributed by atoms with van der Waals surface area (Å²) in [7, 11) is 0. The number of piperidine rings is 1. The molecule has 1 N–H and O–H groups in total. The predicted octanol–water partition coefficient (Wildman–Crippen LogP) is 1.80. The van der Waals surface area contributed by atoms with E-state index in [1.54, 1.807) is 10.8 Å². The fourth-order valence-electron chi connectivity index (χ4n) is 2.84. The SMILES string of the molecule is C=CCN1CCC(Nc2c(C)c(C)nc3ncnn23)CC1. The molecule has 1 fully saturated rings. The van der Waals surface area contributed by atoms with Gasteiger partial charge in [-0.3, -0.25) is 4.90 Å². The topological polar surface area (TPSA) is 58.3 Å². The number of hydrogen-bond donors (Lipinski definition) is 1. The molecule has 0 aromatic carbocycles. The molecule has 0 bridgehead atoms. The van der Waals surface area contributed by atoms with Crippen LogP contribution in [0.3, 0.4) is 0 Å². The Hall–Kier alpha value is -1.95. The third-order valence-corrected chi connectivity index (χ3v) is 4.22. The van der Waals surface area contributed by atoms with Crippen LogP contribution in [0.25, 0.3) is 5.78 Å². The van der Waals surface area contributed by atoms with Crippen LogP contribution in [0.5, 0.6) is 0 Å². The first-order chi connectivity index (χ1) is 10.2. The maximum atomic E-state index is 4.46. The van der Waals surface area contributed by atoms with Crippen molar-refractivity contribution in [1.82, 2.24) is 24.5 Å². The van der Waals surface area contributed by atoms with Gasteiger partial charge in [0, 0.05) is 36.9 Å². The summed E-state index contributed by atoms with van der Waals surface area (Å²) >= 11 is 0. The van der Waals surface area contributed by atoms with Crippen LogP contribution in [0.15, 0.2) is 19.0 Å². The van der Waals surface area contributed by atoms with Crippen LogP contribution in [0, 0.1) is 13.8 Å². The van der Waals surface area contributed by atoms with E-state index in [1.807, 2.05) is 13.0 Å². The van der Waals surface area contributed by atoms with Crippen molar-refractivity contribution in [3.8, 4) is 0 Å². The highest BCUT2D eigenvalue weighted by atomic mass is 15.4. The monoisotopic (exact) mass is 286 g/mol. The average molecular weight is 286 g/mol. The third kappa shape index (κ3) is 2.76. The number of hydrogen-bond acceptors (Lipinski definition) is 5. The number of nitrogens with zero attached hydrogens (tertiary/aromatic N) is 5. The molecule has 2 aromatic heterocycles. The van der Waals surface area contributed by atoms with Gasteiger partial charge in [0.25, 0.3) is 5.78 Å². The standard InChI is InChI=1S/C15H22N6/c1-4-7-20-8-5-13(6-9-20)19-14-11(2)12(3)18-15-16-10-17-21(14)15/h4,10,13,19H,1,5-9H2,2-3H3. The summed E-state index contributed by atoms with van der Waals surface area (Å²) in [4.78, 5) is 11.1. The quantitative estimate of drug-likeness (QED) is 0.869. The first-order valence-electron chi connectivity index (χ1n) is 7.45. The van der Waals surface area contributed by atoms with Crippen LogP contribution < -0.4 is 5.32 Å². The summed E-state index contributed by atoms with van der Waals surface area (Å²) < 4.78 is 1.80. The van der Waals surface area contributed by atoms with E-state index < -0.39 is 0 Å². The van der Waals surface area contributed by atoms with Gasteiger partial charge < -0.3 is 5.32 Å². The Morgan fingerprint density at radius 1 is 1.38 bits per heavy atom. The fourth-order valence-corrected chi connectivity index (χ4v) is 2.84. The van der Waals surface area contributed by atoms with Crippen LogP contribution in [0.4, 0.5) is 5.82 Å². The van der Waals surface area contributed by atoms with Gasteiger partial charge in [0.15, 0.2) is 0 Å². The molecule has 0 spiro atoms. The van der Waals surface area contributed by atoms with Crippen molar-refractivity contribution >= 4 is 11.6 Å². The normalized spacial score (nSPS) is 17.2. The minimum absolute atomic E-state index is 0.471. The number of aromatic nitrogens is 4. The minimum Gasteiger partial charge on any atom is -0.367 e. The molecule has 112 valence electrons. The van der Waals surface area contributed by atoms with E-state index in [4.69, 9.17) is 0 Å². The van der Waals surface area contributed by atoms with Crippen LogP contribution >= 0.6 is 0 Å². The Kier molecular flexibility index (Phi) is 3.88. The fraction of sp³-hybridized carbons (Fsp3) is 0.533. The maximum absolute atomic E-state index is 4.46. The summed E-state index contributed by atoms with van der Waals surface area (Å²) in [5.74, 6) is 1.68. The summed E-state index contributed by atoms with van der Waals surface area (Å²) in [6.07, 6.45) is 5.79. The van der Waals surface area contributed by atoms with Gasteiger partial charge in [-0.2, -0.15) is 14.6 Å². The molecule has 0 unspecified atom stereocenters. The summed E-state index contributed by atoms with van der Waals surface area (Å²) in [6.45, 7) is 11.1. The van der Waals surface area contributed by atoms with Crippen molar-refractivity contribution in [3.63, 3.8) is 0 Å². The van der Waals surface area contributed by atoms with Crippen molar-refractivity contribution in [2.75, 3.05) is 25.0 Å². The molecule has 0 atom stereocenters. The average Bonchev–Trinajstić information content (AvgIpc) is 2.94. The van der Waals surface area contributed by atoms with Crippen LogP contribution in [0.2, 0.25) is 0 Å². The first-order valence-corrected chi connectivity index (χ1v) is 7.45. The molecule has 2 aromatic rings. The molecule has 0 amide bonds. The number of nitrogens with one attached hydrogen (secondary N) is 1. The Bertz CT molecular complexity index is 639. The van der Waals surface area contributed by atoms with E-state index in [9.17, 15) is 0 Å². The Morgan fingerprint density at radius 3 is 2.86 bits per heavy atom. The molecule has 0 saturated carbocycles. The third-order valence-electron chi connectivity index (χ3n) is 4.22. The first kappa shape index (κ1) is 14.0. The second-order valence-corrected chi connectivity index (χ2v) is 5.65. The van der Waals surface area contributed by atoms with Gasteiger partial charge in [0.1, 0.15) is 12.1 Å². The number of anilines is 1. The Labute approximate surface area is 124 Å². The summed E-state index contributed by atoms with van der Waals surface area (Å²) in [5.41, 5.74) is 2.14. The number of likely N-dealkylation sites (tertiary alicyclic amines) is 1. The smallest absolute Gasteiger partial charge is 0.254 e. The van der Waals surface area contributed by atoms with Gasteiger partial charge in [-0.05, 0) is 26.7 Å². The molecular formula is C15H22N6. The van der Waals surface area contributed by atoms with Gasteiger partial charge in [-0.25, -0.2) is 4.98 Å². The summed E-state index contributed by atoms with van der Waals surface area (Å²) in [6, 6.07) is 0.471. The minimum atomic E-state index is 0.471. The number of rotatable bonds is 4. The van der Waals surface area contributed by atoms with E-state index in [1.165, 1.54) is 0 Å². The lowest BCUT2D eigenvalue weighted by molar-refractivity contribution is 0.240. The lowest BCUT2D eigenvalue weighted by atomic mass is 10.0. The molecular weight excluding hydrogens is 264 g/mol. The van der Waals surface area contributed by atoms with Gasteiger partial charge in [0.05, 0.1) is 0 Å². The summed E-state index contributed by atoms with van der Waals surface area (Å²) in [5, 5.41) is 7.94. The van der Waals surface area contributed by atoms with E-state index >= 15 is 0 Å². The second-order valence-electron chi connectivity index (χ2n) is 5.65. The van der Waals surface area contributed by atoms with Crippen LogP contribution in [0.1, 0.15) is 24.1 Å². The largest absolute Gasteiger partial charge is 0.367 e. The van der Waals surface area contributed by atoms with Gasteiger partial charge in [-0.15, -0.1) is 6.58 Å². The Balaban J connectivity index is 1.78. The molecule has 0 aliphatic carbocycles. The highest BCUT2D eigenvalue weighted by Gasteiger charge is 2.20. The molecule has 3 rings (SSSR count).